The molecule has 0 nitrogen and oxygen atoms in total. The predicted molar refractivity (Wildman–Crippen MR) is 170 cm³/mol. The van der Waals surface area contributed by atoms with Gasteiger partial charge in [0, 0.05) is 0 Å². The van der Waals surface area contributed by atoms with Gasteiger partial charge in [-0.2, -0.15) is 0 Å². The van der Waals surface area contributed by atoms with Crippen LogP contribution in [0.15, 0.2) is 133 Å². The summed E-state index contributed by atoms with van der Waals surface area (Å²) in [7, 11) is 0. The van der Waals surface area contributed by atoms with Crippen LogP contribution in [0.2, 0.25) is 0 Å². The van der Waals surface area contributed by atoms with E-state index >= 15 is 0 Å². The Labute approximate surface area is 226 Å². The molecule has 186 valence electrons. The van der Waals surface area contributed by atoms with Gasteiger partial charge in [-0.25, -0.2) is 0 Å². The SMILES string of the molecule is CC.CC.c1ccc2cc(-c3ccc4cc5cc(-c6ccc7ccccc7c6)ccc5cc4c3)ccc2c1. The molecule has 0 heteroatoms. The third-order valence-electron chi connectivity index (χ3n) is 6.96. The van der Waals surface area contributed by atoms with E-state index < -0.39 is 0 Å². The van der Waals surface area contributed by atoms with Crippen LogP contribution in [-0.2, 0) is 0 Å². The Morgan fingerprint density at radius 3 is 0.868 bits per heavy atom. The van der Waals surface area contributed by atoms with Crippen LogP contribution in [0.25, 0.3) is 65.3 Å². The number of fused-ring (bicyclic) bond motifs is 4. The maximum absolute atomic E-state index is 2.32. The zero-order chi connectivity index (χ0) is 26.5. The van der Waals surface area contributed by atoms with Crippen LogP contribution in [0, 0.1) is 0 Å². The molecule has 0 atom stereocenters. The summed E-state index contributed by atoms with van der Waals surface area (Å²) >= 11 is 0. The van der Waals surface area contributed by atoms with E-state index in [1.807, 2.05) is 27.7 Å². The summed E-state index contributed by atoms with van der Waals surface area (Å²) in [6, 6.07) is 48.8. The summed E-state index contributed by atoms with van der Waals surface area (Å²) in [4.78, 5) is 0. The van der Waals surface area contributed by atoms with Crippen LogP contribution in [0.1, 0.15) is 27.7 Å². The van der Waals surface area contributed by atoms with E-state index in [0.717, 1.165) is 0 Å². The van der Waals surface area contributed by atoms with E-state index in [1.165, 1.54) is 65.3 Å². The predicted octanol–water partition coefficient (Wildman–Crippen LogP) is 11.7. The molecule has 0 fully saturated rings. The average Bonchev–Trinajstić information content (AvgIpc) is 3.01. The zero-order valence-corrected chi connectivity index (χ0v) is 22.7. The van der Waals surface area contributed by atoms with Gasteiger partial charge in [0.2, 0.25) is 0 Å². The monoisotopic (exact) mass is 490 g/mol. The summed E-state index contributed by atoms with van der Waals surface area (Å²) in [5.74, 6) is 0. The van der Waals surface area contributed by atoms with Crippen molar-refractivity contribution in [2.75, 3.05) is 0 Å². The Bertz CT molecular complexity index is 1720. The first-order valence-corrected chi connectivity index (χ1v) is 13.8. The molecule has 0 aliphatic rings. The van der Waals surface area contributed by atoms with Crippen molar-refractivity contribution < 1.29 is 0 Å². The van der Waals surface area contributed by atoms with Gasteiger partial charge in [0.15, 0.2) is 0 Å². The van der Waals surface area contributed by atoms with Gasteiger partial charge in [0.1, 0.15) is 0 Å². The van der Waals surface area contributed by atoms with Crippen LogP contribution < -0.4 is 0 Å². The van der Waals surface area contributed by atoms with Gasteiger partial charge in [-0.15, -0.1) is 0 Å². The lowest BCUT2D eigenvalue weighted by atomic mass is 9.95. The quantitative estimate of drug-likeness (QED) is 0.211. The van der Waals surface area contributed by atoms with E-state index in [2.05, 4.69) is 133 Å². The summed E-state index contributed by atoms with van der Waals surface area (Å²) in [6.07, 6.45) is 0. The first kappa shape index (κ1) is 25.2. The molecule has 0 unspecified atom stereocenters. The Balaban J connectivity index is 0.000000704. The molecule has 0 aromatic heterocycles. The molecule has 0 aliphatic carbocycles. The first-order chi connectivity index (χ1) is 18.8. The molecule has 7 aromatic carbocycles. The molecule has 0 aliphatic heterocycles. The zero-order valence-electron chi connectivity index (χ0n) is 22.7. The molecule has 7 aromatic rings. The van der Waals surface area contributed by atoms with E-state index in [4.69, 9.17) is 0 Å². The van der Waals surface area contributed by atoms with Crippen molar-refractivity contribution >= 4 is 43.1 Å². The van der Waals surface area contributed by atoms with Crippen LogP contribution in [0.4, 0.5) is 0 Å². The van der Waals surface area contributed by atoms with Crippen LogP contribution >= 0.6 is 0 Å². The fraction of sp³-hybridized carbons (Fsp3) is 0.105. The van der Waals surface area contributed by atoms with Gasteiger partial charge in [-0.05, 0) is 102 Å². The molecular formula is C38H34. The van der Waals surface area contributed by atoms with Gasteiger partial charge in [-0.3, -0.25) is 0 Å². The van der Waals surface area contributed by atoms with E-state index in [-0.39, 0.29) is 0 Å². The van der Waals surface area contributed by atoms with Crippen molar-refractivity contribution in [3.05, 3.63) is 133 Å². The van der Waals surface area contributed by atoms with Gasteiger partial charge in [0.05, 0.1) is 0 Å². The second-order valence-electron chi connectivity index (χ2n) is 9.10. The number of hydrogen-bond donors (Lipinski definition) is 0. The number of benzene rings is 7. The van der Waals surface area contributed by atoms with Crippen molar-refractivity contribution in [2.45, 2.75) is 27.7 Å². The van der Waals surface area contributed by atoms with Crippen molar-refractivity contribution in [2.24, 2.45) is 0 Å². The van der Waals surface area contributed by atoms with Gasteiger partial charge in [-0.1, -0.05) is 125 Å². The highest BCUT2D eigenvalue weighted by Crippen LogP contribution is 2.32. The van der Waals surface area contributed by atoms with Crippen molar-refractivity contribution in [1.82, 2.24) is 0 Å². The summed E-state index contributed by atoms with van der Waals surface area (Å²) in [5, 5.41) is 10.2. The Kier molecular flexibility index (Phi) is 7.52. The fourth-order valence-corrected chi connectivity index (χ4v) is 5.09. The molecule has 0 heterocycles. The molecule has 0 amide bonds. The topological polar surface area (TPSA) is 0 Å². The smallest absolute Gasteiger partial charge is 0.0171 e. The summed E-state index contributed by atoms with van der Waals surface area (Å²) in [5.41, 5.74) is 5.02. The Hall–Kier alpha value is -4.42. The molecule has 0 saturated carbocycles. The lowest BCUT2D eigenvalue weighted by Crippen LogP contribution is -1.83. The molecule has 0 bridgehead atoms. The first-order valence-electron chi connectivity index (χ1n) is 13.8. The number of rotatable bonds is 2. The van der Waals surface area contributed by atoms with Crippen molar-refractivity contribution in [1.29, 1.82) is 0 Å². The highest BCUT2D eigenvalue weighted by Gasteiger charge is 2.06. The van der Waals surface area contributed by atoms with Gasteiger partial charge < -0.3 is 0 Å². The molecule has 38 heavy (non-hydrogen) atoms. The minimum atomic E-state index is 1.25. The van der Waals surface area contributed by atoms with Gasteiger partial charge >= 0.3 is 0 Å². The largest absolute Gasteiger partial charge is 0.0683 e. The van der Waals surface area contributed by atoms with Crippen molar-refractivity contribution in [3.63, 3.8) is 0 Å². The second kappa shape index (κ2) is 11.3. The second-order valence-corrected chi connectivity index (χ2v) is 9.10. The van der Waals surface area contributed by atoms with Crippen LogP contribution in [0.5, 0.6) is 0 Å². The van der Waals surface area contributed by atoms with Crippen molar-refractivity contribution in [3.8, 4) is 22.3 Å². The van der Waals surface area contributed by atoms with E-state index in [9.17, 15) is 0 Å². The van der Waals surface area contributed by atoms with Gasteiger partial charge in [0.25, 0.3) is 0 Å². The minimum absolute atomic E-state index is 1.25. The molecule has 0 saturated heterocycles. The fourth-order valence-electron chi connectivity index (χ4n) is 5.09. The Morgan fingerprint density at radius 2 is 0.500 bits per heavy atom. The summed E-state index contributed by atoms with van der Waals surface area (Å²) in [6.45, 7) is 8.00. The summed E-state index contributed by atoms with van der Waals surface area (Å²) < 4.78 is 0. The third-order valence-corrected chi connectivity index (χ3v) is 6.96. The van der Waals surface area contributed by atoms with Crippen LogP contribution in [-0.4, -0.2) is 0 Å². The maximum atomic E-state index is 2.32. The molecule has 0 spiro atoms. The molecule has 0 radical (unpaired) electrons. The molecule has 7 rings (SSSR count). The normalized spacial score (nSPS) is 10.6. The number of hydrogen-bond acceptors (Lipinski definition) is 0. The lowest BCUT2D eigenvalue weighted by Gasteiger charge is -2.09. The highest BCUT2D eigenvalue weighted by molar-refractivity contribution is 6.02. The molecular weight excluding hydrogens is 456 g/mol. The Morgan fingerprint density at radius 1 is 0.237 bits per heavy atom. The standard InChI is InChI=1S/C34H22.2C2H6/c1-3-7-25-17-27(11-9-23(25)5-1)29-13-15-31-22-34-20-30(14-16-32(34)21-33(31)19-29)28-12-10-24-6-2-4-8-26(24)18-28;2*1-2/h1-22H;2*1-2H3. The third kappa shape index (κ3) is 4.91. The minimum Gasteiger partial charge on any atom is -0.0683 e. The lowest BCUT2D eigenvalue weighted by molar-refractivity contribution is 1.50. The molecule has 0 N–H and O–H groups in total. The maximum Gasteiger partial charge on any atom is -0.0171 e. The average molecular weight is 491 g/mol. The van der Waals surface area contributed by atoms with E-state index in [1.54, 1.807) is 0 Å². The highest BCUT2D eigenvalue weighted by atomic mass is 14.1. The van der Waals surface area contributed by atoms with Crippen LogP contribution in [0.3, 0.4) is 0 Å². The van der Waals surface area contributed by atoms with E-state index in [0.29, 0.717) is 0 Å².